The van der Waals surface area contributed by atoms with Crippen LogP contribution in [0, 0.1) is 6.92 Å². The standard InChI is InChI=1S/C25H28N2O3S/c1-18-7-4-8-19(17-18)13-14-27(25(29)21-11-5-15-30-21)23(22-12-6-16-31-22)24(28)26-20-9-2-3-10-20/h4-8,11-12,15-17,20,23H,2-3,9-10,13-14H2,1H3,(H,26,28)/t23-/m0/s1. The minimum atomic E-state index is -0.678. The molecule has 2 aromatic heterocycles. The third kappa shape index (κ3) is 5.25. The molecular weight excluding hydrogens is 408 g/mol. The Balaban J connectivity index is 1.63. The molecule has 162 valence electrons. The van der Waals surface area contributed by atoms with Gasteiger partial charge in [0.2, 0.25) is 5.91 Å². The van der Waals surface area contributed by atoms with Crippen molar-refractivity contribution in [1.82, 2.24) is 10.2 Å². The normalized spacial score (nSPS) is 15.0. The van der Waals surface area contributed by atoms with E-state index in [1.54, 1.807) is 17.0 Å². The predicted molar refractivity (Wildman–Crippen MR) is 122 cm³/mol. The fourth-order valence-corrected chi connectivity index (χ4v) is 5.06. The van der Waals surface area contributed by atoms with Crippen LogP contribution >= 0.6 is 11.3 Å². The van der Waals surface area contributed by atoms with E-state index < -0.39 is 6.04 Å². The smallest absolute Gasteiger partial charge is 0.290 e. The van der Waals surface area contributed by atoms with Gasteiger partial charge >= 0.3 is 0 Å². The van der Waals surface area contributed by atoms with Gasteiger partial charge in [0.05, 0.1) is 6.26 Å². The molecule has 0 spiro atoms. The van der Waals surface area contributed by atoms with Crippen molar-refractivity contribution < 1.29 is 14.0 Å². The van der Waals surface area contributed by atoms with Gasteiger partial charge in [0.25, 0.3) is 5.91 Å². The maximum Gasteiger partial charge on any atom is 0.290 e. The summed E-state index contributed by atoms with van der Waals surface area (Å²) in [6, 6.07) is 15.0. The fraction of sp³-hybridized carbons (Fsp3) is 0.360. The highest BCUT2D eigenvalue weighted by Crippen LogP contribution is 2.29. The number of nitrogens with one attached hydrogen (secondary N) is 1. The first-order chi connectivity index (χ1) is 15.1. The molecule has 5 nitrogen and oxygen atoms in total. The Morgan fingerprint density at radius 3 is 2.68 bits per heavy atom. The summed E-state index contributed by atoms with van der Waals surface area (Å²) in [5.74, 6) is -0.129. The first kappa shape index (κ1) is 21.4. The average molecular weight is 437 g/mol. The molecule has 31 heavy (non-hydrogen) atoms. The number of hydrogen-bond acceptors (Lipinski definition) is 4. The third-order valence-electron chi connectivity index (χ3n) is 5.79. The zero-order valence-corrected chi connectivity index (χ0v) is 18.6. The Kier molecular flexibility index (Phi) is 6.87. The molecule has 1 atom stereocenters. The van der Waals surface area contributed by atoms with Gasteiger partial charge in [0.1, 0.15) is 6.04 Å². The molecule has 3 aromatic rings. The molecular formula is C25H28N2O3S. The summed E-state index contributed by atoms with van der Waals surface area (Å²) in [5, 5.41) is 5.14. The van der Waals surface area contributed by atoms with Gasteiger partial charge in [-0.05, 0) is 55.3 Å². The Labute approximate surface area is 187 Å². The Bertz CT molecular complexity index is 992. The topological polar surface area (TPSA) is 62.6 Å². The zero-order chi connectivity index (χ0) is 21.6. The number of nitrogens with zero attached hydrogens (tertiary/aromatic N) is 1. The van der Waals surface area contributed by atoms with Crippen LogP contribution in [-0.4, -0.2) is 29.3 Å². The van der Waals surface area contributed by atoms with Crippen molar-refractivity contribution in [2.24, 2.45) is 0 Å². The molecule has 2 amide bonds. The summed E-state index contributed by atoms with van der Waals surface area (Å²) in [6.07, 6.45) is 6.42. The monoisotopic (exact) mass is 436 g/mol. The van der Waals surface area contributed by atoms with Gasteiger partial charge in [0, 0.05) is 17.5 Å². The Morgan fingerprint density at radius 1 is 1.16 bits per heavy atom. The molecule has 0 saturated heterocycles. The molecule has 1 fully saturated rings. The maximum atomic E-state index is 13.4. The van der Waals surface area contributed by atoms with Crippen LogP contribution in [0.4, 0.5) is 0 Å². The number of benzene rings is 1. The summed E-state index contributed by atoms with van der Waals surface area (Å²) in [7, 11) is 0. The number of thiophene rings is 1. The van der Waals surface area contributed by atoms with Gasteiger partial charge < -0.3 is 14.6 Å². The van der Waals surface area contributed by atoms with E-state index in [9.17, 15) is 9.59 Å². The van der Waals surface area contributed by atoms with Crippen LogP contribution in [0.1, 0.15) is 58.3 Å². The van der Waals surface area contributed by atoms with Crippen LogP contribution in [0.2, 0.25) is 0 Å². The van der Waals surface area contributed by atoms with E-state index >= 15 is 0 Å². The average Bonchev–Trinajstić information content (AvgIpc) is 3.54. The second-order valence-electron chi connectivity index (χ2n) is 8.12. The molecule has 6 heteroatoms. The van der Waals surface area contributed by atoms with Gasteiger partial charge in [0.15, 0.2) is 5.76 Å². The Hall–Kier alpha value is -2.86. The number of carbonyl (C=O) groups excluding carboxylic acids is 2. The minimum absolute atomic E-state index is 0.113. The van der Waals surface area contributed by atoms with Gasteiger partial charge in [-0.3, -0.25) is 9.59 Å². The molecule has 0 bridgehead atoms. The zero-order valence-electron chi connectivity index (χ0n) is 17.8. The molecule has 0 unspecified atom stereocenters. The molecule has 1 aliphatic carbocycles. The maximum absolute atomic E-state index is 13.4. The van der Waals surface area contributed by atoms with Crippen molar-refractivity contribution in [1.29, 1.82) is 0 Å². The lowest BCUT2D eigenvalue weighted by Gasteiger charge is -2.31. The summed E-state index contributed by atoms with van der Waals surface area (Å²) in [6.45, 7) is 2.47. The summed E-state index contributed by atoms with van der Waals surface area (Å²) >= 11 is 1.50. The molecule has 1 saturated carbocycles. The number of furan rings is 1. The first-order valence-electron chi connectivity index (χ1n) is 10.9. The van der Waals surface area contributed by atoms with Crippen LogP contribution in [0.25, 0.3) is 0 Å². The number of hydrogen-bond donors (Lipinski definition) is 1. The van der Waals surface area contributed by atoms with Gasteiger partial charge in [-0.2, -0.15) is 0 Å². The van der Waals surface area contributed by atoms with Crippen molar-refractivity contribution in [2.45, 2.75) is 51.1 Å². The van der Waals surface area contributed by atoms with E-state index in [-0.39, 0.29) is 23.6 Å². The van der Waals surface area contributed by atoms with Crippen LogP contribution < -0.4 is 5.32 Å². The summed E-state index contributed by atoms with van der Waals surface area (Å²) < 4.78 is 5.41. The molecule has 2 heterocycles. The van der Waals surface area contributed by atoms with Crippen LogP contribution in [0.15, 0.2) is 64.6 Å². The number of carbonyl (C=O) groups is 2. The van der Waals surface area contributed by atoms with E-state index in [4.69, 9.17) is 4.42 Å². The van der Waals surface area contributed by atoms with Crippen molar-refractivity contribution in [3.05, 3.63) is 81.9 Å². The lowest BCUT2D eigenvalue weighted by molar-refractivity contribution is -0.126. The molecule has 1 N–H and O–H groups in total. The number of aryl methyl sites for hydroxylation is 1. The highest BCUT2D eigenvalue weighted by Gasteiger charge is 2.35. The van der Waals surface area contributed by atoms with Crippen molar-refractivity contribution in [3.63, 3.8) is 0 Å². The SMILES string of the molecule is Cc1cccc(CCN(C(=O)c2ccco2)[C@H](C(=O)NC2CCCC2)c2cccs2)c1. The summed E-state index contributed by atoms with van der Waals surface area (Å²) in [4.78, 5) is 29.4. The van der Waals surface area contributed by atoms with Gasteiger partial charge in [-0.1, -0.05) is 48.7 Å². The van der Waals surface area contributed by atoms with Gasteiger partial charge in [-0.25, -0.2) is 0 Å². The third-order valence-corrected chi connectivity index (χ3v) is 6.72. The molecule has 4 rings (SSSR count). The second kappa shape index (κ2) is 9.96. The quantitative estimate of drug-likeness (QED) is 0.532. The largest absolute Gasteiger partial charge is 0.459 e. The van der Waals surface area contributed by atoms with E-state index in [1.807, 2.05) is 23.6 Å². The predicted octanol–water partition coefficient (Wildman–Crippen LogP) is 5.13. The van der Waals surface area contributed by atoms with Crippen LogP contribution in [0.5, 0.6) is 0 Å². The molecule has 1 aliphatic rings. The lowest BCUT2D eigenvalue weighted by atomic mass is 10.1. The minimum Gasteiger partial charge on any atom is -0.459 e. The first-order valence-corrected chi connectivity index (χ1v) is 11.7. The highest BCUT2D eigenvalue weighted by atomic mass is 32.1. The van der Waals surface area contributed by atoms with E-state index in [0.29, 0.717) is 13.0 Å². The second-order valence-corrected chi connectivity index (χ2v) is 9.10. The number of amides is 2. The highest BCUT2D eigenvalue weighted by molar-refractivity contribution is 7.10. The van der Waals surface area contributed by atoms with E-state index in [2.05, 4.69) is 30.4 Å². The van der Waals surface area contributed by atoms with Crippen LogP contribution in [0.3, 0.4) is 0 Å². The van der Waals surface area contributed by atoms with E-state index in [0.717, 1.165) is 36.1 Å². The van der Waals surface area contributed by atoms with Gasteiger partial charge in [-0.15, -0.1) is 11.3 Å². The fourth-order valence-electron chi connectivity index (χ4n) is 4.23. The van der Waals surface area contributed by atoms with E-state index in [1.165, 1.54) is 23.2 Å². The van der Waals surface area contributed by atoms with Crippen molar-refractivity contribution in [3.8, 4) is 0 Å². The van der Waals surface area contributed by atoms with Crippen molar-refractivity contribution >= 4 is 23.2 Å². The molecule has 1 aromatic carbocycles. The molecule has 0 aliphatic heterocycles. The summed E-state index contributed by atoms with van der Waals surface area (Å²) in [5.41, 5.74) is 2.31. The molecule has 0 radical (unpaired) electrons. The lowest BCUT2D eigenvalue weighted by Crippen LogP contribution is -2.46. The Morgan fingerprint density at radius 2 is 2.00 bits per heavy atom. The number of rotatable bonds is 8. The van der Waals surface area contributed by atoms with Crippen molar-refractivity contribution in [2.75, 3.05) is 6.54 Å². The van der Waals surface area contributed by atoms with Crippen LogP contribution in [-0.2, 0) is 11.2 Å².